The Morgan fingerprint density at radius 1 is 1.24 bits per heavy atom. The van der Waals surface area contributed by atoms with E-state index in [9.17, 15) is 0 Å². The average molecular weight is 238 g/mol. The highest BCUT2D eigenvalue weighted by atomic mass is 15.2. The molecule has 2 atom stereocenters. The van der Waals surface area contributed by atoms with Gasteiger partial charge in [0.25, 0.3) is 0 Å². The van der Waals surface area contributed by atoms with E-state index < -0.39 is 0 Å². The van der Waals surface area contributed by atoms with Crippen molar-refractivity contribution in [1.29, 1.82) is 0 Å². The Morgan fingerprint density at radius 2 is 1.94 bits per heavy atom. The van der Waals surface area contributed by atoms with Crippen LogP contribution in [0.25, 0.3) is 0 Å². The molecule has 0 aromatic carbocycles. The first-order chi connectivity index (χ1) is 8.10. The molecule has 0 radical (unpaired) electrons. The van der Waals surface area contributed by atoms with Gasteiger partial charge in [-0.15, -0.1) is 0 Å². The van der Waals surface area contributed by atoms with E-state index in [-0.39, 0.29) is 0 Å². The van der Waals surface area contributed by atoms with Crippen molar-refractivity contribution in [2.24, 2.45) is 5.41 Å². The third-order valence-corrected chi connectivity index (χ3v) is 4.83. The molecular formula is C15H30N2. The second-order valence-corrected chi connectivity index (χ2v) is 6.68. The van der Waals surface area contributed by atoms with E-state index in [2.05, 4.69) is 38.0 Å². The van der Waals surface area contributed by atoms with Gasteiger partial charge in [0.15, 0.2) is 0 Å². The van der Waals surface area contributed by atoms with Crippen LogP contribution < -0.4 is 5.32 Å². The molecule has 2 unspecified atom stereocenters. The van der Waals surface area contributed by atoms with Gasteiger partial charge >= 0.3 is 0 Å². The summed E-state index contributed by atoms with van der Waals surface area (Å²) in [6.45, 7) is 8.48. The molecule has 0 saturated heterocycles. The Balaban J connectivity index is 2.02. The van der Waals surface area contributed by atoms with Gasteiger partial charge in [0, 0.05) is 18.1 Å². The fourth-order valence-corrected chi connectivity index (χ4v) is 3.67. The number of hydrogen-bond donors (Lipinski definition) is 1. The van der Waals surface area contributed by atoms with Crippen LogP contribution in [0.15, 0.2) is 0 Å². The molecule has 0 bridgehead atoms. The molecule has 2 aliphatic rings. The summed E-state index contributed by atoms with van der Waals surface area (Å²) in [7, 11) is 2.15. The summed E-state index contributed by atoms with van der Waals surface area (Å²) in [5.41, 5.74) is 0.471. The Morgan fingerprint density at radius 3 is 2.47 bits per heavy atom. The van der Waals surface area contributed by atoms with Crippen LogP contribution in [-0.2, 0) is 0 Å². The third kappa shape index (κ3) is 2.85. The first kappa shape index (κ1) is 13.4. The topological polar surface area (TPSA) is 15.3 Å². The van der Waals surface area contributed by atoms with E-state index in [0.29, 0.717) is 11.5 Å². The van der Waals surface area contributed by atoms with Gasteiger partial charge in [0.2, 0.25) is 0 Å². The summed E-state index contributed by atoms with van der Waals surface area (Å²) >= 11 is 0. The van der Waals surface area contributed by atoms with E-state index in [4.69, 9.17) is 0 Å². The Bertz CT molecular complexity index is 245. The zero-order valence-corrected chi connectivity index (χ0v) is 12.1. The van der Waals surface area contributed by atoms with Gasteiger partial charge in [0.05, 0.1) is 0 Å². The van der Waals surface area contributed by atoms with Gasteiger partial charge in [-0.05, 0) is 51.1 Å². The van der Waals surface area contributed by atoms with Crippen LogP contribution in [0, 0.1) is 5.41 Å². The van der Waals surface area contributed by atoms with Crippen LogP contribution in [0.3, 0.4) is 0 Å². The van der Waals surface area contributed by atoms with Gasteiger partial charge in [-0.3, -0.25) is 4.90 Å². The minimum atomic E-state index is 0.471. The molecule has 2 fully saturated rings. The SMILES string of the molecule is CCCCN(C1CC1)C1CCC(C)(C)C1NC. The van der Waals surface area contributed by atoms with Crippen LogP contribution in [0.4, 0.5) is 0 Å². The van der Waals surface area contributed by atoms with Crippen molar-refractivity contribution < 1.29 is 0 Å². The lowest BCUT2D eigenvalue weighted by molar-refractivity contribution is 0.138. The van der Waals surface area contributed by atoms with Crippen LogP contribution in [0.1, 0.15) is 59.3 Å². The molecular weight excluding hydrogens is 208 g/mol. The summed E-state index contributed by atoms with van der Waals surface area (Å²) in [4.78, 5) is 2.83. The Labute approximate surface area is 107 Å². The van der Waals surface area contributed by atoms with Gasteiger partial charge in [0.1, 0.15) is 0 Å². The molecule has 0 aromatic heterocycles. The van der Waals surface area contributed by atoms with Crippen LogP contribution in [-0.4, -0.2) is 36.6 Å². The Kier molecular flexibility index (Phi) is 4.14. The summed E-state index contributed by atoms with van der Waals surface area (Å²) in [6, 6.07) is 2.38. The van der Waals surface area contributed by atoms with Crippen molar-refractivity contribution in [2.75, 3.05) is 13.6 Å². The van der Waals surface area contributed by atoms with E-state index in [1.807, 2.05) is 0 Å². The smallest absolute Gasteiger partial charge is 0.0271 e. The predicted octanol–water partition coefficient (Wildman–Crippen LogP) is 3.03. The largest absolute Gasteiger partial charge is 0.315 e. The number of nitrogens with one attached hydrogen (secondary N) is 1. The molecule has 0 spiro atoms. The van der Waals surface area contributed by atoms with Crippen molar-refractivity contribution >= 4 is 0 Å². The van der Waals surface area contributed by atoms with Crippen molar-refractivity contribution in [3.8, 4) is 0 Å². The van der Waals surface area contributed by atoms with Crippen molar-refractivity contribution in [3.05, 3.63) is 0 Å². The monoisotopic (exact) mass is 238 g/mol. The molecule has 2 saturated carbocycles. The molecule has 0 amide bonds. The maximum Gasteiger partial charge on any atom is 0.0271 e. The van der Waals surface area contributed by atoms with Gasteiger partial charge in [-0.1, -0.05) is 27.2 Å². The quantitative estimate of drug-likeness (QED) is 0.765. The second-order valence-electron chi connectivity index (χ2n) is 6.68. The molecule has 0 heterocycles. The summed E-state index contributed by atoms with van der Waals surface area (Å²) in [5, 5.41) is 3.60. The van der Waals surface area contributed by atoms with Gasteiger partial charge in [-0.25, -0.2) is 0 Å². The highest BCUT2D eigenvalue weighted by Gasteiger charge is 2.46. The predicted molar refractivity (Wildman–Crippen MR) is 74.3 cm³/mol. The highest BCUT2D eigenvalue weighted by molar-refractivity contribution is 5.03. The van der Waals surface area contributed by atoms with E-state index in [1.165, 1.54) is 45.1 Å². The lowest BCUT2D eigenvalue weighted by Crippen LogP contribution is -2.51. The molecule has 17 heavy (non-hydrogen) atoms. The van der Waals surface area contributed by atoms with Crippen molar-refractivity contribution in [3.63, 3.8) is 0 Å². The zero-order chi connectivity index (χ0) is 12.5. The first-order valence-electron chi connectivity index (χ1n) is 7.53. The molecule has 2 rings (SSSR count). The molecule has 2 nitrogen and oxygen atoms in total. The molecule has 0 aliphatic heterocycles. The van der Waals surface area contributed by atoms with E-state index >= 15 is 0 Å². The van der Waals surface area contributed by atoms with Crippen LogP contribution >= 0.6 is 0 Å². The minimum Gasteiger partial charge on any atom is -0.315 e. The zero-order valence-electron chi connectivity index (χ0n) is 12.1. The molecule has 0 aromatic rings. The number of likely N-dealkylation sites (N-methyl/N-ethyl adjacent to an activating group) is 1. The average Bonchev–Trinajstić information content (AvgIpc) is 3.05. The number of nitrogens with zero attached hydrogens (tertiary/aromatic N) is 1. The lowest BCUT2D eigenvalue weighted by Gasteiger charge is -2.37. The molecule has 1 N–H and O–H groups in total. The maximum atomic E-state index is 3.60. The molecule has 2 heteroatoms. The second kappa shape index (κ2) is 5.27. The Hall–Kier alpha value is -0.0800. The summed E-state index contributed by atoms with van der Waals surface area (Å²) < 4.78 is 0. The number of hydrogen-bond acceptors (Lipinski definition) is 2. The summed E-state index contributed by atoms with van der Waals surface area (Å²) in [6.07, 6.45) is 8.33. The van der Waals surface area contributed by atoms with E-state index in [0.717, 1.165) is 12.1 Å². The molecule has 100 valence electrons. The van der Waals surface area contributed by atoms with Crippen LogP contribution in [0.5, 0.6) is 0 Å². The standard InChI is InChI=1S/C15H30N2/c1-5-6-11-17(12-7-8-12)13-9-10-15(2,3)14(13)16-4/h12-14,16H,5-11H2,1-4H3. The van der Waals surface area contributed by atoms with Gasteiger partial charge < -0.3 is 5.32 Å². The lowest BCUT2D eigenvalue weighted by atomic mass is 9.86. The number of unbranched alkanes of at least 4 members (excludes halogenated alkanes) is 1. The van der Waals surface area contributed by atoms with Crippen molar-refractivity contribution in [2.45, 2.75) is 77.4 Å². The minimum absolute atomic E-state index is 0.471. The van der Waals surface area contributed by atoms with Crippen molar-refractivity contribution in [1.82, 2.24) is 10.2 Å². The van der Waals surface area contributed by atoms with E-state index in [1.54, 1.807) is 0 Å². The van der Waals surface area contributed by atoms with Gasteiger partial charge in [-0.2, -0.15) is 0 Å². The normalized spacial score (nSPS) is 32.3. The fourth-order valence-electron chi connectivity index (χ4n) is 3.67. The highest BCUT2D eigenvalue weighted by Crippen LogP contribution is 2.43. The molecule has 2 aliphatic carbocycles. The third-order valence-electron chi connectivity index (χ3n) is 4.83. The maximum absolute atomic E-state index is 3.60. The first-order valence-corrected chi connectivity index (χ1v) is 7.53. The fraction of sp³-hybridized carbons (Fsp3) is 1.00. The summed E-state index contributed by atoms with van der Waals surface area (Å²) in [5.74, 6) is 0. The number of rotatable bonds is 6. The van der Waals surface area contributed by atoms with Crippen LogP contribution in [0.2, 0.25) is 0 Å².